The number of aromatic nitrogens is 9. The van der Waals surface area contributed by atoms with Crippen LogP contribution >= 0.6 is 0 Å². The minimum atomic E-state index is 0.759. The van der Waals surface area contributed by atoms with Crippen LogP contribution in [0.2, 0.25) is 0 Å². The maximum absolute atomic E-state index is 5.51. The van der Waals surface area contributed by atoms with Crippen LogP contribution in [-0.4, -0.2) is 43.6 Å². The van der Waals surface area contributed by atoms with E-state index in [4.69, 9.17) is 15.0 Å². The van der Waals surface area contributed by atoms with E-state index < -0.39 is 0 Å². The zero-order valence-corrected chi connectivity index (χ0v) is 27.1. The second-order valence-corrected chi connectivity index (χ2v) is 12.1. The van der Waals surface area contributed by atoms with Crippen molar-refractivity contribution < 1.29 is 0 Å². The molecule has 0 saturated carbocycles. The summed E-state index contributed by atoms with van der Waals surface area (Å²) in [6.45, 7) is 0. The standard InChI is InChI=1S/C42H27N9/c1-4-13-28(14-5-1)40-46-34-37(49(40)31-19-10-22-43-25-31)35-39(51(33-21-12-24-45-27-33)41(47-35)29-15-6-2-7-16-29)36-38(34)50(32-20-11-23-44-26-32)42(48-36)30-17-8-3-9-18-30/h1-27H. The summed E-state index contributed by atoms with van der Waals surface area (Å²) >= 11 is 0. The van der Waals surface area contributed by atoms with Crippen LogP contribution in [0.15, 0.2) is 165 Å². The van der Waals surface area contributed by atoms with Crippen molar-refractivity contribution in [2.75, 3.05) is 0 Å². The van der Waals surface area contributed by atoms with E-state index in [1.165, 1.54) is 0 Å². The molecular weight excluding hydrogens is 631 g/mol. The zero-order chi connectivity index (χ0) is 33.7. The number of fused-ring (bicyclic) bond motifs is 6. The third kappa shape index (κ3) is 4.56. The van der Waals surface area contributed by atoms with Crippen molar-refractivity contribution in [2.24, 2.45) is 0 Å². The fraction of sp³-hybridized carbons (Fsp3) is 0. The number of imidazole rings is 3. The smallest absolute Gasteiger partial charge is 0.145 e. The van der Waals surface area contributed by atoms with Gasteiger partial charge in [-0.05, 0) is 36.4 Å². The van der Waals surface area contributed by atoms with Crippen LogP contribution < -0.4 is 0 Å². The molecule has 240 valence electrons. The number of pyridine rings is 3. The van der Waals surface area contributed by atoms with Crippen molar-refractivity contribution in [1.82, 2.24) is 43.6 Å². The van der Waals surface area contributed by atoms with Gasteiger partial charge in [-0.2, -0.15) is 0 Å². The highest BCUT2D eigenvalue weighted by Crippen LogP contribution is 2.43. The first kappa shape index (κ1) is 28.7. The molecule has 9 nitrogen and oxygen atoms in total. The molecule has 6 heterocycles. The highest BCUT2D eigenvalue weighted by molar-refractivity contribution is 6.22. The van der Waals surface area contributed by atoms with E-state index in [-0.39, 0.29) is 0 Å². The second-order valence-electron chi connectivity index (χ2n) is 12.1. The lowest BCUT2D eigenvalue weighted by Gasteiger charge is -2.12. The lowest BCUT2D eigenvalue weighted by Crippen LogP contribution is -2.00. The van der Waals surface area contributed by atoms with Crippen LogP contribution in [0.25, 0.3) is 84.3 Å². The number of benzene rings is 4. The first-order valence-electron chi connectivity index (χ1n) is 16.6. The molecule has 0 atom stereocenters. The van der Waals surface area contributed by atoms with Gasteiger partial charge in [0.1, 0.15) is 50.6 Å². The van der Waals surface area contributed by atoms with Gasteiger partial charge in [0, 0.05) is 35.3 Å². The van der Waals surface area contributed by atoms with Gasteiger partial charge in [0.05, 0.1) is 35.7 Å². The molecule has 10 rings (SSSR count). The minimum absolute atomic E-state index is 0.759. The first-order valence-corrected chi connectivity index (χ1v) is 16.6. The first-order chi connectivity index (χ1) is 25.3. The highest BCUT2D eigenvalue weighted by Gasteiger charge is 2.30. The van der Waals surface area contributed by atoms with E-state index in [1.807, 2.05) is 91.4 Å². The summed E-state index contributed by atoms with van der Waals surface area (Å²) in [7, 11) is 0. The maximum Gasteiger partial charge on any atom is 0.145 e. The van der Waals surface area contributed by atoms with Gasteiger partial charge < -0.3 is 0 Å². The van der Waals surface area contributed by atoms with Crippen LogP contribution in [0.1, 0.15) is 0 Å². The minimum Gasteiger partial charge on any atom is -0.289 e. The van der Waals surface area contributed by atoms with E-state index in [0.29, 0.717) is 0 Å². The van der Waals surface area contributed by atoms with Crippen molar-refractivity contribution in [1.29, 1.82) is 0 Å². The Morgan fingerprint density at radius 1 is 0.314 bits per heavy atom. The monoisotopic (exact) mass is 657 g/mol. The fourth-order valence-electron chi connectivity index (χ4n) is 6.97. The molecule has 0 bridgehead atoms. The van der Waals surface area contributed by atoms with Crippen LogP contribution in [0.4, 0.5) is 0 Å². The molecule has 0 amide bonds. The predicted octanol–water partition coefficient (Wildman–Crippen LogP) is 8.89. The Balaban J connectivity index is 1.50. The fourth-order valence-corrected chi connectivity index (χ4v) is 6.97. The van der Waals surface area contributed by atoms with E-state index in [9.17, 15) is 0 Å². The van der Waals surface area contributed by atoms with Gasteiger partial charge in [0.2, 0.25) is 0 Å². The molecule has 0 aliphatic carbocycles. The summed E-state index contributed by atoms with van der Waals surface area (Å²) in [5.41, 5.74) is 10.3. The number of hydrogen-bond donors (Lipinski definition) is 0. The van der Waals surface area contributed by atoms with E-state index in [0.717, 1.165) is 84.3 Å². The summed E-state index contributed by atoms with van der Waals surface area (Å²) in [5.74, 6) is 2.30. The molecule has 10 aromatic rings. The number of hydrogen-bond acceptors (Lipinski definition) is 6. The van der Waals surface area contributed by atoms with Gasteiger partial charge in [-0.15, -0.1) is 0 Å². The van der Waals surface area contributed by atoms with Crippen molar-refractivity contribution in [3.05, 3.63) is 165 Å². The summed E-state index contributed by atoms with van der Waals surface area (Å²) in [6.07, 6.45) is 11.0. The molecule has 0 unspecified atom stereocenters. The SMILES string of the molecule is c1ccc(-c2nc3c(c4nc(-c5ccccc5)n(-c5cccnc5)c4c4nc(-c5ccccc5)n(-c5cccnc5)c34)n2-c2cccnc2)cc1. The lowest BCUT2D eigenvalue weighted by molar-refractivity contribution is 1.08. The second kappa shape index (κ2) is 11.7. The quantitative estimate of drug-likeness (QED) is 0.177. The molecular formula is C42H27N9. The normalized spacial score (nSPS) is 11.5. The maximum atomic E-state index is 5.51. The highest BCUT2D eigenvalue weighted by atomic mass is 15.2. The van der Waals surface area contributed by atoms with Crippen LogP contribution in [0.5, 0.6) is 0 Å². The van der Waals surface area contributed by atoms with E-state index in [1.54, 1.807) is 18.6 Å². The Morgan fingerprint density at radius 3 is 0.863 bits per heavy atom. The molecule has 0 N–H and O–H groups in total. The Kier molecular flexibility index (Phi) is 6.60. The van der Waals surface area contributed by atoms with Gasteiger partial charge in [0.15, 0.2) is 0 Å². The average molecular weight is 658 g/mol. The van der Waals surface area contributed by atoms with Crippen LogP contribution in [0, 0.1) is 0 Å². The van der Waals surface area contributed by atoms with Gasteiger partial charge >= 0.3 is 0 Å². The average Bonchev–Trinajstić information content (AvgIpc) is 3.92. The van der Waals surface area contributed by atoms with Crippen LogP contribution in [0.3, 0.4) is 0 Å². The molecule has 0 spiro atoms. The molecule has 9 heteroatoms. The Morgan fingerprint density at radius 2 is 0.608 bits per heavy atom. The Labute approximate surface area is 291 Å². The molecule has 0 radical (unpaired) electrons. The zero-order valence-electron chi connectivity index (χ0n) is 27.1. The molecule has 0 saturated heterocycles. The van der Waals surface area contributed by atoms with E-state index >= 15 is 0 Å². The largest absolute Gasteiger partial charge is 0.289 e. The molecule has 4 aromatic carbocycles. The van der Waals surface area contributed by atoms with Crippen molar-refractivity contribution in [2.45, 2.75) is 0 Å². The number of rotatable bonds is 6. The molecule has 0 aliphatic heterocycles. The molecule has 6 aromatic heterocycles. The van der Waals surface area contributed by atoms with Gasteiger partial charge in [0.25, 0.3) is 0 Å². The summed E-state index contributed by atoms with van der Waals surface area (Å²) in [4.78, 5) is 30.2. The van der Waals surface area contributed by atoms with Crippen molar-refractivity contribution >= 4 is 33.1 Å². The summed E-state index contributed by atoms with van der Waals surface area (Å²) in [6, 6.07) is 42.8. The topological polar surface area (TPSA) is 92.1 Å². The lowest BCUT2D eigenvalue weighted by atomic mass is 10.2. The van der Waals surface area contributed by atoms with Crippen molar-refractivity contribution in [3.8, 4) is 51.2 Å². The van der Waals surface area contributed by atoms with Crippen molar-refractivity contribution in [3.63, 3.8) is 0 Å². The Hall–Kier alpha value is -7.26. The third-order valence-corrected chi connectivity index (χ3v) is 9.11. The molecule has 0 fully saturated rings. The predicted molar refractivity (Wildman–Crippen MR) is 200 cm³/mol. The summed E-state index contributed by atoms with van der Waals surface area (Å²) < 4.78 is 6.53. The van der Waals surface area contributed by atoms with E-state index in [2.05, 4.69) is 83.3 Å². The summed E-state index contributed by atoms with van der Waals surface area (Å²) in [5, 5.41) is 0. The van der Waals surface area contributed by atoms with Gasteiger partial charge in [-0.1, -0.05) is 91.0 Å². The molecule has 51 heavy (non-hydrogen) atoms. The number of nitrogens with zero attached hydrogens (tertiary/aromatic N) is 9. The van der Waals surface area contributed by atoms with Gasteiger partial charge in [-0.3, -0.25) is 28.7 Å². The molecule has 0 aliphatic rings. The van der Waals surface area contributed by atoms with Gasteiger partial charge in [-0.25, -0.2) is 15.0 Å². The van der Waals surface area contributed by atoms with Crippen LogP contribution in [-0.2, 0) is 0 Å². The Bertz CT molecular complexity index is 2470. The third-order valence-electron chi connectivity index (χ3n) is 9.11.